The van der Waals surface area contributed by atoms with Gasteiger partial charge in [-0.05, 0) is 42.0 Å². The molecule has 0 bridgehead atoms. The second-order valence-corrected chi connectivity index (χ2v) is 5.61. The number of anilines is 1. The van der Waals surface area contributed by atoms with Crippen LogP contribution < -0.4 is 5.32 Å². The Bertz CT molecular complexity index is 692. The molecule has 0 spiro atoms. The van der Waals surface area contributed by atoms with Crippen LogP contribution in [0.3, 0.4) is 0 Å². The van der Waals surface area contributed by atoms with Crippen LogP contribution in [-0.2, 0) is 4.79 Å². The molecule has 19 heavy (non-hydrogen) atoms. The second kappa shape index (κ2) is 4.83. The van der Waals surface area contributed by atoms with E-state index in [1.807, 2.05) is 36.4 Å². The van der Waals surface area contributed by atoms with Crippen LogP contribution in [0.2, 0.25) is 5.02 Å². The Labute approximate surface area is 124 Å². The first-order chi connectivity index (χ1) is 9.13. The molecule has 0 aromatic heterocycles. The smallest absolute Gasteiger partial charge is 0.256 e. The highest BCUT2D eigenvalue weighted by Gasteiger charge is 2.23. The molecule has 0 saturated heterocycles. The van der Waals surface area contributed by atoms with Gasteiger partial charge >= 0.3 is 0 Å². The monoisotopic (exact) mass is 333 g/mol. The third-order valence-electron chi connectivity index (χ3n) is 2.95. The molecular weight excluding hydrogens is 326 g/mol. The zero-order valence-electron chi connectivity index (χ0n) is 9.78. The fourth-order valence-corrected chi connectivity index (χ4v) is 2.47. The van der Waals surface area contributed by atoms with Crippen molar-refractivity contribution in [2.75, 3.05) is 5.32 Å². The Balaban J connectivity index is 2.08. The van der Waals surface area contributed by atoms with Gasteiger partial charge in [-0.25, -0.2) is 0 Å². The van der Waals surface area contributed by atoms with Gasteiger partial charge in [-0.1, -0.05) is 39.7 Å². The van der Waals surface area contributed by atoms with Gasteiger partial charge < -0.3 is 5.32 Å². The molecular formula is C15H9BrClNO. The van der Waals surface area contributed by atoms with Gasteiger partial charge in [0, 0.05) is 26.3 Å². The Morgan fingerprint density at radius 1 is 1.11 bits per heavy atom. The van der Waals surface area contributed by atoms with Gasteiger partial charge in [0.05, 0.1) is 0 Å². The van der Waals surface area contributed by atoms with Crippen LogP contribution in [-0.4, -0.2) is 5.91 Å². The molecule has 0 atom stereocenters. The topological polar surface area (TPSA) is 29.1 Å². The van der Waals surface area contributed by atoms with E-state index in [2.05, 4.69) is 21.2 Å². The van der Waals surface area contributed by atoms with Crippen LogP contribution in [0.1, 0.15) is 11.1 Å². The summed E-state index contributed by atoms with van der Waals surface area (Å²) in [5.74, 6) is -0.0971. The lowest BCUT2D eigenvalue weighted by Crippen LogP contribution is -2.03. The number of nitrogens with one attached hydrogen (secondary N) is 1. The Morgan fingerprint density at radius 3 is 2.58 bits per heavy atom. The molecule has 1 aliphatic heterocycles. The summed E-state index contributed by atoms with van der Waals surface area (Å²) in [5.41, 5.74) is 3.26. The summed E-state index contributed by atoms with van der Waals surface area (Å²) < 4.78 is 1.01. The number of rotatable bonds is 1. The summed E-state index contributed by atoms with van der Waals surface area (Å²) in [4.78, 5) is 12.0. The zero-order chi connectivity index (χ0) is 13.4. The first kappa shape index (κ1) is 12.5. The highest BCUT2D eigenvalue weighted by atomic mass is 79.9. The SMILES string of the molecule is O=C1Nc2ccc(Cl)cc2/C1=C\c1ccc(Br)cc1. The fourth-order valence-electron chi connectivity index (χ4n) is 2.03. The van der Waals surface area contributed by atoms with Gasteiger partial charge in [0.2, 0.25) is 0 Å². The van der Waals surface area contributed by atoms with E-state index >= 15 is 0 Å². The molecule has 0 radical (unpaired) electrons. The summed E-state index contributed by atoms with van der Waals surface area (Å²) >= 11 is 9.38. The first-order valence-corrected chi connectivity index (χ1v) is 6.89. The number of carbonyl (C=O) groups is 1. The second-order valence-electron chi connectivity index (χ2n) is 4.25. The molecule has 2 aromatic rings. The van der Waals surface area contributed by atoms with Gasteiger partial charge in [0.25, 0.3) is 5.91 Å². The summed E-state index contributed by atoms with van der Waals surface area (Å²) in [7, 11) is 0. The lowest BCUT2D eigenvalue weighted by Gasteiger charge is -2.00. The highest BCUT2D eigenvalue weighted by Crippen LogP contribution is 2.34. The van der Waals surface area contributed by atoms with Crippen LogP contribution in [0.15, 0.2) is 46.9 Å². The average Bonchev–Trinajstić information content (AvgIpc) is 2.69. The van der Waals surface area contributed by atoms with Crippen LogP contribution in [0, 0.1) is 0 Å². The number of halogens is 2. The van der Waals surface area contributed by atoms with Crippen molar-refractivity contribution < 1.29 is 4.79 Å². The molecule has 0 aliphatic carbocycles. The molecule has 1 amide bonds. The number of hydrogen-bond donors (Lipinski definition) is 1. The lowest BCUT2D eigenvalue weighted by molar-refractivity contribution is -0.110. The van der Waals surface area contributed by atoms with Gasteiger partial charge in [-0.15, -0.1) is 0 Å². The van der Waals surface area contributed by atoms with E-state index in [0.29, 0.717) is 10.6 Å². The minimum absolute atomic E-state index is 0.0971. The van der Waals surface area contributed by atoms with Gasteiger partial charge in [0.1, 0.15) is 0 Å². The van der Waals surface area contributed by atoms with Crippen LogP contribution in [0.4, 0.5) is 5.69 Å². The lowest BCUT2D eigenvalue weighted by atomic mass is 10.0. The minimum atomic E-state index is -0.0971. The summed E-state index contributed by atoms with van der Waals surface area (Å²) in [6.45, 7) is 0. The van der Waals surface area contributed by atoms with Crippen LogP contribution in [0.5, 0.6) is 0 Å². The maximum atomic E-state index is 12.0. The number of carbonyl (C=O) groups excluding carboxylic acids is 1. The van der Waals surface area contributed by atoms with Crippen molar-refractivity contribution in [1.29, 1.82) is 0 Å². The third kappa shape index (κ3) is 2.44. The van der Waals surface area contributed by atoms with E-state index < -0.39 is 0 Å². The van der Waals surface area contributed by atoms with Crippen molar-refractivity contribution in [2.45, 2.75) is 0 Å². The molecule has 0 fully saturated rings. The minimum Gasteiger partial charge on any atom is -0.321 e. The van der Waals surface area contributed by atoms with Crippen molar-refractivity contribution in [3.63, 3.8) is 0 Å². The fraction of sp³-hybridized carbons (Fsp3) is 0. The predicted molar refractivity (Wildman–Crippen MR) is 82.1 cm³/mol. The molecule has 2 aromatic carbocycles. The molecule has 3 rings (SSSR count). The Kier molecular flexibility index (Phi) is 3.17. The van der Waals surface area contributed by atoms with Gasteiger partial charge in [0.15, 0.2) is 0 Å². The molecule has 1 N–H and O–H groups in total. The molecule has 1 heterocycles. The maximum absolute atomic E-state index is 12.0. The molecule has 0 saturated carbocycles. The zero-order valence-corrected chi connectivity index (χ0v) is 12.1. The number of amides is 1. The van der Waals surface area contributed by atoms with E-state index in [0.717, 1.165) is 21.3 Å². The third-order valence-corrected chi connectivity index (χ3v) is 3.71. The van der Waals surface area contributed by atoms with E-state index in [-0.39, 0.29) is 5.91 Å². The van der Waals surface area contributed by atoms with Crippen molar-refractivity contribution in [2.24, 2.45) is 0 Å². The van der Waals surface area contributed by atoms with E-state index in [4.69, 9.17) is 11.6 Å². The predicted octanol–water partition coefficient (Wildman–Crippen LogP) is 4.60. The van der Waals surface area contributed by atoms with Crippen LogP contribution >= 0.6 is 27.5 Å². The average molecular weight is 335 g/mol. The van der Waals surface area contributed by atoms with Crippen molar-refractivity contribution in [3.8, 4) is 0 Å². The van der Waals surface area contributed by atoms with Crippen molar-refractivity contribution in [3.05, 3.63) is 63.1 Å². The van der Waals surface area contributed by atoms with Crippen molar-refractivity contribution in [1.82, 2.24) is 0 Å². The number of fused-ring (bicyclic) bond motifs is 1. The molecule has 4 heteroatoms. The van der Waals surface area contributed by atoms with E-state index in [1.165, 1.54) is 0 Å². The largest absolute Gasteiger partial charge is 0.321 e. The van der Waals surface area contributed by atoms with Crippen LogP contribution in [0.25, 0.3) is 11.6 Å². The quantitative estimate of drug-likeness (QED) is 0.759. The maximum Gasteiger partial charge on any atom is 0.256 e. The van der Waals surface area contributed by atoms with E-state index in [9.17, 15) is 4.79 Å². The summed E-state index contributed by atoms with van der Waals surface area (Å²) in [6.07, 6.45) is 1.87. The van der Waals surface area contributed by atoms with Gasteiger partial charge in [-0.3, -0.25) is 4.79 Å². The number of benzene rings is 2. The first-order valence-electron chi connectivity index (χ1n) is 5.72. The Hall–Kier alpha value is -1.58. The summed E-state index contributed by atoms with van der Waals surface area (Å²) in [5, 5.41) is 3.45. The standard InChI is InChI=1S/C15H9BrClNO/c16-10-3-1-9(2-4-10)7-13-12-8-11(17)5-6-14(12)18-15(13)19/h1-8H,(H,18,19)/b13-7+. The molecule has 1 aliphatic rings. The molecule has 94 valence electrons. The van der Waals surface area contributed by atoms with E-state index in [1.54, 1.807) is 12.1 Å². The highest BCUT2D eigenvalue weighted by molar-refractivity contribution is 9.10. The number of hydrogen-bond acceptors (Lipinski definition) is 1. The Morgan fingerprint density at radius 2 is 1.84 bits per heavy atom. The molecule has 0 unspecified atom stereocenters. The summed E-state index contributed by atoms with van der Waals surface area (Å²) in [6, 6.07) is 13.2. The van der Waals surface area contributed by atoms with Gasteiger partial charge in [-0.2, -0.15) is 0 Å². The molecule has 2 nitrogen and oxygen atoms in total. The van der Waals surface area contributed by atoms with Crippen molar-refractivity contribution >= 4 is 50.8 Å². The normalized spacial score (nSPS) is 15.5.